The van der Waals surface area contributed by atoms with Crippen LogP contribution in [0.25, 0.3) is 0 Å². The summed E-state index contributed by atoms with van der Waals surface area (Å²) in [6.45, 7) is 1.96. The maximum absolute atomic E-state index is 11.3. The Labute approximate surface area is 112 Å². The van der Waals surface area contributed by atoms with Gasteiger partial charge in [0.05, 0.1) is 19.3 Å². The van der Waals surface area contributed by atoms with Crippen molar-refractivity contribution < 1.29 is 24.2 Å². The first-order valence-electron chi connectivity index (χ1n) is 6.74. The van der Waals surface area contributed by atoms with Gasteiger partial charge >= 0.3 is 12.1 Å². The summed E-state index contributed by atoms with van der Waals surface area (Å²) < 4.78 is 10.4. The molecule has 19 heavy (non-hydrogen) atoms. The molecule has 1 amide bonds. The second-order valence-corrected chi connectivity index (χ2v) is 5.51. The summed E-state index contributed by atoms with van der Waals surface area (Å²) in [4.78, 5) is 22.6. The molecule has 108 valence electrons. The fraction of sp³-hybridized carbons (Fsp3) is 0.846. The van der Waals surface area contributed by atoms with Crippen LogP contribution in [0.3, 0.4) is 0 Å². The fourth-order valence-electron chi connectivity index (χ4n) is 2.84. The number of rotatable bonds is 4. The standard InChI is InChI=1S/C13H21NO5/c1-7-5-9(6-10(19-7)8-3-4-8)11(12(15)16)14-13(17)18-2/h7-11H,3-6H2,1-2H3,(H,14,17)(H,15,16)/t7-,9-,10+,11+/m1/s1. The number of hydrogen-bond acceptors (Lipinski definition) is 4. The number of amides is 1. The molecule has 1 saturated heterocycles. The van der Waals surface area contributed by atoms with E-state index in [-0.39, 0.29) is 18.1 Å². The Balaban J connectivity index is 2.02. The molecule has 2 fully saturated rings. The Morgan fingerprint density at radius 3 is 2.58 bits per heavy atom. The molecule has 0 bridgehead atoms. The molecule has 6 heteroatoms. The second kappa shape index (κ2) is 5.77. The lowest BCUT2D eigenvalue weighted by Gasteiger charge is -2.36. The molecular weight excluding hydrogens is 250 g/mol. The van der Waals surface area contributed by atoms with Crippen LogP contribution in [0.5, 0.6) is 0 Å². The maximum Gasteiger partial charge on any atom is 0.407 e. The molecule has 6 nitrogen and oxygen atoms in total. The van der Waals surface area contributed by atoms with E-state index < -0.39 is 18.1 Å². The zero-order valence-corrected chi connectivity index (χ0v) is 11.3. The van der Waals surface area contributed by atoms with Gasteiger partial charge in [-0.1, -0.05) is 0 Å². The van der Waals surface area contributed by atoms with E-state index in [4.69, 9.17) is 4.74 Å². The average Bonchev–Trinajstić information content (AvgIpc) is 3.18. The van der Waals surface area contributed by atoms with Gasteiger partial charge in [-0.25, -0.2) is 9.59 Å². The maximum atomic E-state index is 11.3. The van der Waals surface area contributed by atoms with Crippen molar-refractivity contribution >= 4 is 12.1 Å². The zero-order chi connectivity index (χ0) is 14.0. The normalized spacial score (nSPS) is 32.4. The van der Waals surface area contributed by atoms with Crippen LogP contribution < -0.4 is 5.32 Å². The number of carboxylic acid groups (broad SMARTS) is 1. The smallest absolute Gasteiger partial charge is 0.407 e. The minimum atomic E-state index is -1.01. The van der Waals surface area contributed by atoms with Gasteiger partial charge in [0.25, 0.3) is 0 Å². The first-order valence-corrected chi connectivity index (χ1v) is 6.74. The largest absolute Gasteiger partial charge is 0.480 e. The molecule has 1 saturated carbocycles. The fourth-order valence-corrected chi connectivity index (χ4v) is 2.84. The van der Waals surface area contributed by atoms with Crippen molar-refractivity contribution in [1.29, 1.82) is 0 Å². The molecule has 0 unspecified atom stereocenters. The number of carboxylic acids is 1. The van der Waals surface area contributed by atoms with Gasteiger partial charge in [0.1, 0.15) is 6.04 Å². The Kier molecular flexibility index (Phi) is 4.29. The molecule has 0 aromatic heterocycles. The zero-order valence-electron chi connectivity index (χ0n) is 11.3. The number of aliphatic carboxylic acids is 1. The Morgan fingerprint density at radius 2 is 2.05 bits per heavy atom. The van der Waals surface area contributed by atoms with Gasteiger partial charge in [-0.2, -0.15) is 0 Å². The molecule has 0 spiro atoms. The van der Waals surface area contributed by atoms with Crippen LogP contribution in [0.15, 0.2) is 0 Å². The molecule has 2 rings (SSSR count). The highest BCUT2D eigenvalue weighted by Crippen LogP contribution is 2.41. The van der Waals surface area contributed by atoms with Crippen LogP contribution >= 0.6 is 0 Å². The van der Waals surface area contributed by atoms with Gasteiger partial charge < -0.3 is 19.9 Å². The molecule has 0 radical (unpaired) electrons. The van der Waals surface area contributed by atoms with Crippen LogP contribution in [-0.2, 0) is 14.3 Å². The minimum absolute atomic E-state index is 0.0330. The van der Waals surface area contributed by atoms with E-state index in [1.165, 1.54) is 7.11 Å². The minimum Gasteiger partial charge on any atom is -0.480 e. The third-order valence-corrected chi connectivity index (χ3v) is 3.92. The topological polar surface area (TPSA) is 84.9 Å². The Hall–Kier alpha value is -1.30. The van der Waals surface area contributed by atoms with Crippen molar-refractivity contribution in [2.45, 2.75) is 50.9 Å². The van der Waals surface area contributed by atoms with E-state index in [9.17, 15) is 14.7 Å². The number of methoxy groups -OCH3 is 1. The summed E-state index contributed by atoms with van der Waals surface area (Å²) in [5, 5.41) is 11.7. The van der Waals surface area contributed by atoms with Gasteiger partial charge in [0, 0.05) is 0 Å². The Bertz CT molecular complexity index is 355. The van der Waals surface area contributed by atoms with Crippen molar-refractivity contribution in [3.05, 3.63) is 0 Å². The number of alkyl carbamates (subject to hydrolysis) is 1. The number of nitrogens with one attached hydrogen (secondary N) is 1. The lowest BCUT2D eigenvalue weighted by Crippen LogP contribution is -2.50. The molecular formula is C13H21NO5. The van der Waals surface area contributed by atoms with E-state index in [1.54, 1.807) is 0 Å². The molecule has 0 aromatic carbocycles. The van der Waals surface area contributed by atoms with Crippen LogP contribution in [0.2, 0.25) is 0 Å². The van der Waals surface area contributed by atoms with Crippen LogP contribution in [-0.4, -0.2) is 42.5 Å². The predicted octanol–water partition coefficient (Wildman–Crippen LogP) is 1.39. The number of ether oxygens (including phenoxy) is 2. The highest BCUT2D eigenvalue weighted by molar-refractivity contribution is 5.80. The third kappa shape index (κ3) is 3.59. The highest BCUT2D eigenvalue weighted by Gasteiger charge is 2.42. The Morgan fingerprint density at radius 1 is 1.37 bits per heavy atom. The quantitative estimate of drug-likeness (QED) is 0.807. The molecule has 2 N–H and O–H groups in total. The van der Waals surface area contributed by atoms with Gasteiger partial charge in [-0.15, -0.1) is 0 Å². The average molecular weight is 271 g/mol. The summed E-state index contributed by atoms with van der Waals surface area (Å²) in [5.74, 6) is -0.553. The number of carbonyl (C=O) groups is 2. The van der Waals surface area contributed by atoms with E-state index in [2.05, 4.69) is 10.1 Å². The van der Waals surface area contributed by atoms with Crippen LogP contribution in [0.1, 0.15) is 32.6 Å². The number of hydrogen-bond donors (Lipinski definition) is 2. The third-order valence-electron chi connectivity index (χ3n) is 3.92. The van der Waals surface area contributed by atoms with E-state index in [1.807, 2.05) is 6.92 Å². The molecule has 4 atom stereocenters. The van der Waals surface area contributed by atoms with Crippen LogP contribution in [0, 0.1) is 11.8 Å². The van der Waals surface area contributed by atoms with Crippen molar-refractivity contribution in [2.24, 2.45) is 11.8 Å². The van der Waals surface area contributed by atoms with Crippen molar-refractivity contribution in [3.63, 3.8) is 0 Å². The van der Waals surface area contributed by atoms with Gasteiger partial charge in [0.15, 0.2) is 0 Å². The summed E-state index contributed by atoms with van der Waals surface area (Å²) >= 11 is 0. The summed E-state index contributed by atoms with van der Waals surface area (Å²) in [7, 11) is 1.23. The SMILES string of the molecule is COC(=O)N[C@H](C(=O)O)[C@@H]1C[C@@H](C)O[C@H](C2CC2)C1. The predicted molar refractivity (Wildman–Crippen MR) is 66.7 cm³/mol. The summed E-state index contributed by atoms with van der Waals surface area (Å²) in [6, 6.07) is -0.903. The van der Waals surface area contributed by atoms with Gasteiger partial charge in [-0.3, -0.25) is 0 Å². The number of carbonyl (C=O) groups excluding carboxylic acids is 1. The van der Waals surface area contributed by atoms with Crippen molar-refractivity contribution in [1.82, 2.24) is 5.32 Å². The van der Waals surface area contributed by atoms with E-state index in [0.717, 1.165) is 12.8 Å². The molecule has 1 aliphatic heterocycles. The van der Waals surface area contributed by atoms with Gasteiger partial charge in [0.2, 0.25) is 0 Å². The first kappa shape index (κ1) is 14.1. The van der Waals surface area contributed by atoms with Crippen LogP contribution in [0.4, 0.5) is 4.79 Å². The first-order chi connectivity index (χ1) is 9.01. The molecule has 0 aromatic rings. The lowest BCUT2D eigenvalue weighted by atomic mass is 9.84. The molecule has 1 heterocycles. The van der Waals surface area contributed by atoms with E-state index >= 15 is 0 Å². The van der Waals surface area contributed by atoms with Gasteiger partial charge in [-0.05, 0) is 44.4 Å². The molecule has 1 aliphatic carbocycles. The second-order valence-electron chi connectivity index (χ2n) is 5.51. The lowest BCUT2D eigenvalue weighted by molar-refractivity contribution is -0.144. The van der Waals surface area contributed by atoms with Crippen molar-refractivity contribution in [2.75, 3.05) is 7.11 Å². The van der Waals surface area contributed by atoms with Crippen molar-refractivity contribution in [3.8, 4) is 0 Å². The monoisotopic (exact) mass is 271 g/mol. The van der Waals surface area contributed by atoms with E-state index in [0.29, 0.717) is 18.8 Å². The highest BCUT2D eigenvalue weighted by atomic mass is 16.5. The molecule has 2 aliphatic rings. The summed E-state index contributed by atoms with van der Waals surface area (Å²) in [6.07, 6.45) is 3.12. The summed E-state index contributed by atoms with van der Waals surface area (Å²) in [5.41, 5.74) is 0.